The summed E-state index contributed by atoms with van der Waals surface area (Å²) in [5, 5.41) is 5.92. The molecule has 1 aliphatic rings. The van der Waals surface area contributed by atoms with Gasteiger partial charge < -0.3 is 5.32 Å². The van der Waals surface area contributed by atoms with E-state index in [4.69, 9.17) is 23.2 Å². The van der Waals surface area contributed by atoms with Crippen molar-refractivity contribution in [3.8, 4) is 0 Å². The van der Waals surface area contributed by atoms with Gasteiger partial charge in [0.15, 0.2) is 0 Å². The first-order valence-corrected chi connectivity index (χ1v) is 9.34. The van der Waals surface area contributed by atoms with E-state index in [0.717, 1.165) is 22.0 Å². The largest absolute Gasteiger partial charge is 0.354 e. The van der Waals surface area contributed by atoms with Crippen LogP contribution in [0, 0.1) is 0 Å². The van der Waals surface area contributed by atoms with E-state index in [-0.39, 0.29) is 18.4 Å². The van der Waals surface area contributed by atoms with Crippen molar-refractivity contribution in [2.75, 3.05) is 18.0 Å². The molecule has 27 heavy (non-hydrogen) atoms. The molecule has 4 rings (SSSR count). The molecule has 0 bridgehead atoms. The molecule has 6 heteroatoms. The highest BCUT2D eigenvalue weighted by molar-refractivity contribution is 6.35. The fraction of sp³-hybridized carbons (Fsp3) is 0.143. The number of benzene rings is 3. The van der Waals surface area contributed by atoms with E-state index in [0.29, 0.717) is 28.6 Å². The quantitative estimate of drug-likeness (QED) is 0.689. The molecule has 1 N–H and O–H groups in total. The molecule has 0 spiro atoms. The van der Waals surface area contributed by atoms with Crippen molar-refractivity contribution in [3.63, 3.8) is 0 Å². The predicted octanol–water partition coefficient (Wildman–Crippen LogP) is 4.47. The number of anilines is 1. The molecule has 0 saturated carbocycles. The van der Waals surface area contributed by atoms with Crippen LogP contribution in [0.3, 0.4) is 0 Å². The second-order valence-corrected chi connectivity index (χ2v) is 7.25. The normalized spacial score (nSPS) is 12.7. The van der Waals surface area contributed by atoms with E-state index < -0.39 is 0 Å². The Labute approximate surface area is 166 Å². The van der Waals surface area contributed by atoms with Crippen LogP contribution < -0.4 is 10.2 Å². The standard InChI is InChI=1S/C21H16Cl2N2O2/c22-15-8-7-13(17(23)11-15)9-10-24-19(26)12-25-18-6-2-4-14-3-1-5-16(20(14)18)21(25)27/h1-8,11H,9-10,12H2,(H,24,26). The Bertz CT molecular complexity index is 1060. The fourth-order valence-electron chi connectivity index (χ4n) is 3.40. The van der Waals surface area contributed by atoms with Crippen molar-refractivity contribution < 1.29 is 9.59 Å². The molecule has 4 nitrogen and oxygen atoms in total. The van der Waals surface area contributed by atoms with Gasteiger partial charge in [-0.05, 0) is 41.6 Å². The number of carbonyl (C=O) groups excluding carboxylic acids is 2. The van der Waals surface area contributed by atoms with Crippen LogP contribution in [0.25, 0.3) is 10.8 Å². The van der Waals surface area contributed by atoms with Gasteiger partial charge in [-0.15, -0.1) is 0 Å². The van der Waals surface area contributed by atoms with Gasteiger partial charge in [0.25, 0.3) is 5.91 Å². The van der Waals surface area contributed by atoms with Gasteiger partial charge in [-0.1, -0.05) is 53.5 Å². The van der Waals surface area contributed by atoms with Crippen LogP contribution in [0.5, 0.6) is 0 Å². The maximum atomic E-state index is 12.7. The molecule has 0 radical (unpaired) electrons. The molecule has 0 unspecified atom stereocenters. The average molecular weight is 399 g/mol. The number of nitrogens with zero attached hydrogens (tertiary/aromatic N) is 1. The molecule has 2 amide bonds. The Morgan fingerprint density at radius 2 is 1.81 bits per heavy atom. The van der Waals surface area contributed by atoms with Crippen molar-refractivity contribution in [2.45, 2.75) is 6.42 Å². The zero-order valence-corrected chi connectivity index (χ0v) is 15.8. The summed E-state index contributed by atoms with van der Waals surface area (Å²) in [6.45, 7) is 0.417. The highest BCUT2D eigenvalue weighted by atomic mass is 35.5. The Balaban J connectivity index is 1.42. The molecular formula is C21H16Cl2N2O2. The summed E-state index contributed by atoms with van der Waals surface area (Å²) in [6.07, 6.45) is 0.589. The number of nitrogens with one attached hydrogen (secondary N) is 1. The molecule has 1 aliphatic heterocycles. The molecule has 0 aromatic heterocycles. The number of rotatable bonds is 5. The molecule has 3 aromatic carbocycles. The van der Waals surface area contributed by atoms with Gasteiger partial charge in [0, 0.05) is 27.5 Å². The highest BCUT2D eigenvalue weighted by Gasteiger charge is 2.30. The third-order valence-electron chi connectivity index (χ3n) is 4.68. The van der Waals surface area contributed by atoms with Gasteiger partial charge in [0.05, 0.1) is 5.69 Å². The van der Waals surface area contributed by atoms with Crippen molar-refractivity contribution in [1.29, 1.82) is 0 Å². The Morgan fingerprint density at radius 1 is 1.04 bits per heavy atom. The molecule has 0 saturated heterocycles. The second-order valence-electron chi connectivity index (χ2n) is 6.41. The van der Waals surface area contributed by atoms with Crippen LogP contribution in [-0.4, -0.2) is 24.9 Å². The van der Waals surface area contributed by atoms with E-state index >= 15 is 0 Å². The first kappa shape index (κ1) is 17.8. The van der Waals surface area contributed by atoms with Crippen LogP contribution in [0.1, 0.15) is 15.9 Å². The van der Waals surface area contributed by atoms with Crippen molar-refractivity contribution >= 4 is 51.5 Å². The molecule has 0 aliphatic carbocycles. The van der Waals surface area contributed by atoms with Crippen molar-refractivity contribution in [2.24, 2.45) is 0 Å². The van der Waals surface area contributed by atoms with Gasteiger partial charge >= 0.3 is 0 Å². The summed E-state index contributed by atoms with van der Waals surface area (Å²) in [7, 11) is 0. The SMILES string of the molecule is O=C(CN1C(=O)c2cccc3cccc1c23)NCCc1ccc(Cl)cc1Cl. The van der Waals surface area contributed by atoms with Gasteiger partial charge in [0.2, 0.25) is 5.91 Å². The Hall–Kier alpha value is -2.56. The molecule has 1 heterocycles. The maximum Gasteiger partial charge on any atom is 0.259 e. The summed E-state index contributed by atoms with van der Waals surface area (Å²) in [5.41, 5.74) is 2.34. The average Bonchev–Trinajstić information content (AvgIpc) is 2.92. The maximum absolute atomic E-state index is 12.7. The van der Waals surface area contributed by atoms with Crippen LogP contribution in [0.4, 0.5) is 5.69 Å². The lowest BCUT2D eigenvalue weighted by molar-refractivity contribution is -0.119. The molecule has 136 valence electrons. The van der Waals surface area contributed by atoms with Crippen LogP contribution in [-0.2, 0) is 11.2 Å². The minimum absolute atomic E-state index is 0.0129. The molecule has 3 aromatic rings. The van der Waals surface area contributed by atoms with Gasteiger partial charge in [0.1, 0.15) is 6.54 Å². The van der Waals surface area contributed by atoms with E-state index in [9.17, 15) is 9.59 Å². The van der Waals surface area contributed by atoms with E-state index in [2.05, 4.69) is 5.32 Å². The predicted molar refractivity (Wildman–Crippen MR) is 109 cm³/mol. The third-order valence-corrected chi connectivity index (χ3v) is 5.27. The minimum atomic E-state index is -0.210. The summed E-state index contributed by atoms with van der Waals surface area (Å²) in [4.78, 5) is 26.6. The Kier molecular flexibility index (Phi) is 4.77. The van der Waals surface area contributed by atoms with Crippen molar-refractivity contribution in [1.82, 2.24) is 5.32 Å². The first-order chi connectivity index (χ1) is 13.0. The third kappa shape index (κ3) is 3.38. The first-order valence-electron chi connectivity index (χ1n) is 8.59. The zero-order valence-electron chi connectivity index (χ0n) is 14.3. The van der Waals surface area contributed by atoms with Gasteiger partial charge in [-0.3, -0.25) is 14.5 Å². The van der Waals surface area contributed by atoms with E-state index in [1.165, 1.54) is 4.90 Å². The summed E-state index contributed by atoms with van der Waals surface area (Å²) >= 11 is 12.0. The van der Waals surface area contributed by atoms with E-state index in [1.54, 1.807) is 18.2 Å². The Morgan fingerprint density at radius 3 is 2.59 bits per heavy atom. The van der Waals surface area contributed by atoms with Crippen LogP contribution in [0.2, 0.25) is 10.0 Å². The topological polar surface area (TPSA) is 49.4 Å². The summed E-state index contributed by atoms with van der Waals surface area (Å²) < 4.78 is 0. The number of hydrogen-bond acceptors (Lipinski definition) is 2. The molecular weight excluding hydrogens is 383 g/mol. The molecule has 0 atom stereocenters. The number of hydrogen-bond donors (Lipinski definition) is 1. The summed E-state index contributed by atoms with van der Waals surface area (Å²) in [5.74, 6) is -0.351. The lowest BCUT2D eigenvalue weighted by Gasteiger charge is -2.17. The van der Waals surface area contributed by atoms with Gasteiger partial charge in [-0.25, -0.2) is 0 Å². The lowest BCUT2D eigenvalue weighted by atomic mass is 10.1. The number of halogens is 2. The van der Waals surface area contributed by atoms with Crippen LogP contribution >= 0.6 is 23.2 Å². The lowest BCUT2D eigenvalue weighted by Crippen LogP contribution is -2.39. The zero-order chi connectivity index (χ0) is 19.0. The van der Waals surface area contributed by atoms with Crippen LogP contribution in [0.15, 0.2) is 54.6 Å². The summed E-state index contributed by atoms with van der Waals surface area (Å²) in [6, 6.07) is 16.7. The molecule has 0 fully saturated rings. The highest BCUT2D eigenvalue weighted by Crippen LogP contribution is 2.36. The smallest absolute Gasteiger partial charge is 0.259 e. The van der Waals surface area contributed by atoms with Gasteiger partial charge in [-0.2, -0.15) is 0 Å². The number of carbonyl (C=O) groups is 2. The second kappa shape index (κ2) is 7.22. The number of amides is 2. The van der Waals surface area contributed by atoms with Crippen molar-refractivity contribution in [3.05, 3.63) is 75.8 Å². The van der Waals surface area contributed by atoms with E-state index in [1.807, 2.05) is 36.4 Å². The fourth-order valence-corrected chi connectivity index (χ4v) is 3.90. The monoisotopic (exact) mass is 398 g/mol. The minimum Gasteiger partial charge on any atom is -0.354 e.